The molecule has 9 nitrogen and oxygen atoms in total. The van der Waals surface area contributed by atoms with Gasteiger partial charge in [0.1, 0.15) is 6.10 Å². The molecule has 0 radical (unpaired) electrons. The molecule has 2 amide bonds. The Morgan fingerprint density at radius 1 is 1.16 bits per heavy atom. The lowest BCUT2D eigenvalue weighted by atomic mass is 9.85. The van der Waals surface area contributed by atoms with Gasteiger partial charge < -0.3 is 33.9 Å². The van der Waals surface area contributed by atoms with Crippen LogP contribution in [0.1, 0.15) is 60.8 Å². The Hall–Kier alpha value is -2.20. The highest BCUT2D eigenvalue weighted by atomic mass is 16.7. The standard InChI is InChI=1S/C28H44N2O7/c1-19(2)30(7)26(32)36-21(4)10-12-24(31)29-22-15-33-25(34-16-22)13-9-20(3)8-11-23-14-28(18-35-28)17-27(5,6)37-23/h8-12,19,21-23,25H,13-18H2,1-7H3,(H,29,31)/b11-8+,12-10-,20-9+/t21-,22?,23+,25?,28+/m0/s1. The Morgan fingerprint density at radius 2 is 1.84 bits per heavy atom. The van der Waals surface area contributed by atoms with E-state index in [1.165, 1.54) is 11.0 Å². The van der Waals surface area contributed by atoms with Gasteiger partial charge >= 0.3 is 6.09 Å². The summed E-state index contributed by atoms with van der Waals surface area (Å²) in [6, 6.07) is -0.209. The maximum Gasteiger partial charge on any atom is 0.410 e. The van der Waals surface area contributed by atoms with E-state index in [9.17, 15) is 9.59 Å². The summed E-state index contributed by atoms with van der Waals surface area (Å²) in [4.78, 5) is 25.7. The van der Waals surface area contributed by atoms with Crippen LogP contribution in [0.4, 0.5) is 4.79 Å². The van der Waals surface area contributed by atoms with Crippen LogP contribution in [0.5, 0.6) is 0 Å². The number of amides is 2. The molecule has 3 aliphatic rings. The molecule has 1 spiro atoms. The molecule has 9 heteroatoms. The quantitative estimate of drug-likeness (QED) is 0.280. The Kier molecular flexibility index (Phi) is 9.97. The normalized spacial score (nSPS) is 30.6. The van der Waals surface area contributed by atoms with Crippen molar-refractivity contribution in [1.29, 1.82) is 0 Å². The first kappa shape index (κ1) is 29.4. The number of ether oxygens (including phenoxy) is 5. The largest absolute Gasteiger partial charge is 0.442 e. The maximum atomic E-state index is 12.2. The molecule has 208 valence electrons. The van der Waals surface area contributed by atoms with Crippen LogP contribution in [0.2, 0.25) is 0 Å². The molecule has 3 rings (SSSR count). The van der Waals surface area contributed by atoms with Gasteiger partial charge in [0.05, 0.1) is 43.2 Å². The molecule has 3 saturated heterocycles. The van der Waals surface area contributed by atoms with Gasteiger partial charge in [-0.25, -0.2) is 4.79 Å². The van der Waals surface area contributed by atoms with Gasteiger partial charge in [-0.2, -0.15) is 0 Å². The van der Waals surface area contributed by atoms with E-state index in [-0.39, 0.29) is 41.6 Å². The molecule has 0 aromatic heterocycles. The van der Waals surface area contributed by atoms with Crippen LogP contribution in [0.25, 0.3) is 0 Å². The molecule has 0 aromatic carbocycles. The highest BCUT2D eigenvalue weighted by molar-refractivity contribution is 5.87. The van der Waals surface area contributed by atoms with Crippen molar-refractivity contribution in [3.63, 3.8) is 0 Å². The average Bonchev–Trinajstić information content (AvgIpc) is 3.56. The zero-order valence-electron chi connectivity index (χ0n) is 23.3. The van der Waals surface area contributed by atoms with Crippen molar-refractivity contribution in [3.8, 4) is 0 Å². The monoisotopic (exact) mass is 520 g/mol. The number of epoxide rings is 1. The van der Waals surface area contributed by atoms with Crippen LogP contribution < -0.4 is 5.32 Å². The summed E-state index contributed by atoms with van der Waals surface area (Å²) in [5.41, 5.74) is 0.942. The third-order valence-corrected chi connectivity index (χ3v) is 6.73. The number of rotatable bonds is 9. The molecule has 0 saturated carbocycles. The zero-order valence-corrected chi connectivity index (χ0v) is 23.3. The van der Waals surface area contributed by atoms with E-state index in [2.05, 4.69) is 37.4 Å². The summed E-state index contributed by atoms with van der Waals surface area (Å²) in [5.74, 6) is -0.289. The Bertz CT molecular complexity index is 877. The average molecular weight is 521 g/mol. The van der Waals surface area contributed by atoms with Crippen molar-refractivity contribution in [1.82, 2.24) is 10.2 Å². The van der Waals surface area contributed by atoms with Gasteiger partial charge in [0.2, 0.25) is 5.91 Å². The van der Waals surface area contributed by atoms with Crippen molar-refractivity contribution < 1.29 is 33.3 Å². The molecule has 3 aliphatic heterocycles. The zero-order chi connectivity index (χ0) is 27.2. The summed E-state index contributed by atoms with van der Waals surface area (Å²) in [6.07, 6.45) is 10.4. The van der Waals surface area contributed by atoms with Crippen molar-refractivity contribution in [2.24, 2.45) is 0 Å². The first-order valence-corrected chi connectivity index (χ1v) is 13.2. The number of hydrogen-bond acceptors (Lipinski definition) is 7. The van der Waals surface area contributed by atoms with Crippen molar-refractivity contribution in [2.75, 3.05) is 26.9 Å². The number of hydrogen-bond donors (Lipinski definition) is 1. The van der Waals surface area contributed by atoms with E-state index in [0.717, 1.165) is 25.0 Å². The third kappa shape index (κ3) is 9.56. The SMILES string of the molecule is CC(/C=C/[C@@H]1C[C@]2(CO2)CC(C)(C)O1)=C\CC1OCC(NC(=O)/C=C\[C@H](C)OC(=O)N(C)C(C)C)CO1. The van der Waals surface area contributed by atoms with Crippen molar-refractivity contribution >= 4 is 12.0 Å². The number of nitrogens with one attached hydrogen (secondary N) is 1. The predicted molar refractivity (Wildman–Crippen MR) is 140 cm³/mol. The van der Waals surface area contributed by atoms with Crippen molar-refractivity contribution in [2.45, 2.75) is 103 Å². The smallest absolute Gasteiger partial charge is 0.410 e. The van der Waals surface area contributed by atoms with E-state index in [4.69, 9.17) is 23.7 Å². The van der Waals surface area contributed by atoms with Crippen LogP contribution >= 0.6 is 0 Å². The molecule has 0 aromatic rings. The Morgan fingerprint density at radius 3 is 2.46 bits per heavy atom. The van der Waals surface area contributed by atoms with Crippen LogP contribution in [0.15, 0.2) is 36.0 Å². The van der Waals surface area contributed by atoms with E-state index < -0.39 is 12.2 Å². The molecule has 37 heavy (non-hydrogen) atoms. The van der Waals surface area contributed by atoms with Gasteiger partial charge in [-0.05, 0) is 47.6 Å². The molecule has 3 fully saturated rings. The summed E-state index contributed by atoms with van der Waals surface area (Å²) in [6.45, 7) is 13.3. The van der Waals surface area contributed by atoms with E-state index in [0.29, 0.717) is 19.6 Å². The summed E-state index contributed by atoms with van der Waals surface area (Å²) in [7, 11) is 1.67. The van der Waals surface area contributed by atoms with Crippen LogP contribution in [-0.4, -0.2) is 85.6 Å². The molecular weight excluding hydrogens is 476 g/mol. The lowest BCUT2D eigenvalue weighted by Crippen LogP contribution is -2.46. The highest BCUT2D eigenvalue weighted by Gasteiger charge is 2.53. The first-order chi connectivity index (χ1) is 17.4. The molecule has 3 atom stereocenters. The molecule has 0 bridgehead atoms. The third-order valence-electron chi connectivity index (χ3n) is 6.73. The first-order valence-electron chi connectivity index (χ1n) is 13.2. The Balaban J connectivity index is 1.34. The predicted octanol–water partition coefficient (Wildman–Crippen LogP) is 3.88. The number of carbonyl (C=O) groups excluding carboxylic acids is 2. The van der Waals surface area contributed by atoms with Gasteiger partial charge in [0.25, 0.3) is 0 Å². The Labute approximate surface area is 221 Å². The van der Waals surface area contributed by atoms with Gasteiger partial charge in [-0.15, -0.1) is 0 Å². The minimum atomic E-state index is -0.522. The molecular formula is C28H44N2O7. The summed E-state index contributed by atoms with van der Waals surface area (Å²) < 4.78 is 28.8. The van der Waals surface area contributed by atoms with Crippen LogP contribution in [0, 0.1) is 0 Å². The molecule has 1 N–H and O–H groups in total. The van der Waals surface area contributed by atoms with Gasteiger partial charge in [-0.3, -0.25) is 4.79 Å². The van der Waals surface area contributed by atoms with E-state index >= 15 is 0 Å². The van der Waals surface area contributed by atoms with Gasteiger partial charge in [0, 0.05) is 38.4 Å². The maximum absolute atomic E-state index is 12.2. The summed E-state index contributed by atoms with van der Waals surface area (Å²) >= 11 is 0. The van der Waals surface area contributed by atoms with Gasteiger partial charge in [-0.1, -0.05) is 23.8 Å². The second-order valence-corrected chi connectivity index (χ2v) is 11.3. The second-order valence-electron chi connectivity index (χ2n) is 11.3. The lowest BCUT2D eigenvalue weighted by molar-refractivity contribution is -0.187. The number of carbonyl (C=O) groups is 2. The topological polar surface area (TPSA) is 98.9 Å². The fraction of sp³-hybridized carbons (Fsp3) is 0.714. The fourth-order valence-corrected chi connectivity index (χ4v) is 4.47. The number of allylic oxidation sites excluding steroid dienone is 2. The lowest BCUT2D eigenvalue weighted by Gasteiger charge is -2.38. The van der Waals surface area contributed by atoms with E-state index in [1.807, 2.05) is 20.8 Å². The number of nitrogens with zero attached hydrogens (tertiary/aromatic N) is 1. The van der Waals surface area contributed by atoms with Crippen LogP contribution in [0.3, 0.4) is 0 Å². The second kappa shape index (κ2) is 12.6. The van der Waals surface area contributed by atoms with Crippen LogP contribution in [-0.2, 0) is 28.5 Å². The minimum Gasteiger partial charge on any atom is -0.442 e. The highest BCUT2D eigenvalue weighted by Crippen LogP contribution is 2.46. The summed E-state index contributed by atoms with van der Waals surface area (Å²) in [5, 5.41) is 2.85. The van der Waals surface area contributed by atoms with Gasteiger partial charge in [0.15, 0.2) is 6.29 Å². The fourth-order valence-electron chi connectivity index (χ4n) is 4.47. The molecule has 0 aliphatic carbocycles. The minimum absolute atomic E-state index is 0.00938. The molecule has 0 unspecified atom stereocenters. The van der Waals surface area contributed by atoms with E-state index in [1.54, 1.807) is 20.0 Å². The van der Waals surface area contributed by atoms with Crippen molar-refractivity contribution in [3.05, 3.63) is 36.0 Å². The molecule has 3 heterocycles.